The van der Waals surface area contributed by atoms with Crippen molar-refractivity contribution in [3.8, 4) is 17.9 Å². The van der Waals surface area contributed by atoms with Crippen LogP contribution in [-0.4, -0.2) is 0 Å². The molecule has 2 aromatic carbocycles. The first-order valence-electron chi connectivity index (χ1n) is 6.50. The van der Waals surface area contributed by atoms with E-state index >= 15 is 0 Å². The molecule has 0 aliphatic heterocycles. The molecule has 96 valence electrons. The molecule has 1 unspecified atom stereocenters. The van der Waals surface area contributed by atoms with Crippen LogP contribution in [0.1, 0.15) is 34.8 Å². The number of hydrogen-bond acceptors (Lipinski definition) is 3. The molecule has 1 aliphatic carbocycles. The molecule has 0 amide bonds. The maximum absolute atomic E-state index is 9.04. The van der Waals surface area contributed by atoms with Gasteiger partial charge in [-0.05, 0) is 42.2 Å². The number of benzene rings is 2. The van der Waals surface area contributed by atoms with E-state index in [1.54, 1.807) is 18.2 Å². The Balaban J connectivity index is 1.87. The van der Waals surface area contributed by atoms with E-state index in [0.29, 0.717) is 16.9 Å². The van der Waals surface area contributed by atoms with Crippen molar-refractivity contribution in [3.63, 3.8) is 0 Å². The van der Waals surface area contributed by atoms with E-state index in [9.17, 15) is 0 Å². The van der Waals surface area contributed by atoms with Gasteiger partial charge in [0.05, 0.1) is 11.1 Å². The maximum atomic E-state index is 9.04. The van der Waals surface area contributed by atoms with Crippen LogP contribution in [0.2, 0.25) is 0 Å². The predicted octanol–water partition coefficient (Wildman–Crippen LogP) is 3.50. The molecule has 2 aromatic rings. The molecule has 1 atom stereocenters. The van der Waals surface area contributed by atoms with Crippen LogP contribution in [0.3, 0.4) is 0 Å². The normalized spacial score (nSPS) is 16.0. The molecule has 1 aliphatic rings. The summed E-state index contributed by atoms with van der Waals surface area (Å²) in [5.74, 6) is 0.641. The van der Waals surface area contributed by atoms with Crippen molar-refractivity contribution in [1.29, 1.82) is 10.5 Å². The fraction of sp³-hybridized carbons (Fsp3) is 0.176. The van der Waals surface area contributed by atoms with Crippen molar-refractivity contribution in [2.24, 2.45) is 0 Å². The molecule has 0 saturated heterocycles. The van der Waals surface area contributed by atoms with E-state index in [0.717, 1.165) is 12.8 Å². The molecule has 0 spiro atoms. The second kappa shape index (κ2) is 5.07. The van der Waals surface area contributed by atoms with Gasteiger partial charge < -0.3 is 4.74 Å². The third-order valence-electron chi connectivity index (χ3n) is 3.59. The van der Waals surface area contributed by atoms with E-state index < -0.39 is 0 Å². The summed E-state index contributed by atoms with van der Waals surface area (Å²) in [6.07, 6.45) is 1.99. The molecule has 0 heterocycles. The van der Waals surface area contributed by atoms with E-state index in [2.05, 4.69) is 12.1 Å². The van der Waals surface area contributed by atoms with E-state index in [1.807, 2.05) is 24.3 Å². The van der Waals surface area contributed by atoms with Crippen LogP contribution in [0.4, 0.5) is 0 Å². The molecule has 3 rings (SSSR count). The zero-order chi connectivity index (χ0) is 13.9. The third kappa shape index (κ3) is 2.11. The summed E-state index contributed by atoms with van der Waals surface area (Å²) in [5.41, 5.74) is 3.28. The average Bonchev–Trinajstić information content (AvgIpc) is 2.90. The minimum atomic E-state index is 0.0330. The van der Waals surface area contributed by atoms with Gasteiger partial charge in [-0.2, -0.15) is 10.5 Å². The lowest BCUT2D eigenvalue weighted by Crippen LogP contribution is -2.03. The van der Waals surface area contributed by atoms with Crippen LogP contribution >= 0.6 is 0 Å². The number of nitrogens with zero attached hydrogens (tertiary/aromatic N) is 2. The first kappa shape index (κ1) is 12.3. The SMILES string of the molecule is N#Cc1ccc(OC2CCc3ccccc32)cc1C#N. The Kier molecular flexibility index (Phi) is 3.11. The van der Waals surface area contributed by atoms with Crippen LogP contribution in [-0.2, 0) is 6.42 Å². The van der Waals surface area contributed by atoms with E-state index in [4.69, 9.17) is 15.3 Å². The first-order chi connectivity index (χ1) is 9.81. The molecular formula is C17H12N2O. The largest absolute Gasteiger partial charge is 0.486 e. The minimum Gasteiger partial charge on any atom is -0.486 e. The second-order valence-electron chi connectivity index (χ2n) is 4.77. The summed E-state index contributed by atoms with van der Waals surface area (Å²) in [6, 6.07) is 17.3. The van der Waals surface area contributed by atoms with Gasteiger partial charge in [0.15, 0.2) is 0 Å². The standard InChI is InChI=1S/C17H12N2O/c18-10-13-5-7-15(9-14(13)11-19)20-17-8-6-12-3-1-2-4-16(12)17/h1-5,7,9,17H,6,8H2. The highest BCUT2D eigenvalue weighted by Crippen LogP contribution is 2.35. The lowest BCUT2D eigenvalue weighted by molar-refractivity contribution is 0.207. The number of ether oxygens (including phenoxy) is 1. The van der Waals surface area contributed by atoms with E-state index in [-0.39, 0.29) is 6.10 Å². The van der Waals surface area contributed by atoms with Gasteiger partial charge in [0.1, 0.15) is 24.0 Å². The summed E-state index contributed by atoms with van der Waals surface area (Å²) < 4.78 is 5.98. The molecule has 0 N–H and O–H groups in total. The second-order valence-corrected chi connectivity index (χ2v) is 4.77. The number of aryl methyl sites for hydroxylation is 1. The molecule has 0 fully saturated rings. The van der Waals surface area contributed by atoms with Gasteiger partial charge in [0.25, 0.3) is 0 Å². The molecule has 20 heavy (non-hydrogen) atoms. The topological polar surface area (TPSA) is 56.8 Å². The Morgan fingerprint density at radius 3 is 2.60 bits per heavy atom. The number of hydrogen-bond donors (Lipinski definition) is 0. The highest BCUT2D eigenvalue weighted by atomic mass is 16.5. The van der Waals surface area contributed by atoms with Crippen LogP contribution < -0.4 is 4.74 Å². The Labute approximate surface area is 117 Å². The van der Waals surface area contributed by atoms with Gasteiger partial charge in [-0.15, -0.1) is 0 Å². The maximum Gasteiger partial charge on any atom is 0.124 e. The monoisotopic (exact) mass is 260 g/mol. The van der Waals surface area contributed by atoms with Crippen molar-refractivity contribution < 1.29 is 4.74 Å². The summed E-state index contributed by atoms with van der Waals surface area (Å²) in [4.78, 5) is 0. The quantitative estimate of drug-likeness (QED) is 0.830. The summed E-state index contributed by atoms with van der Waals surface area (Å²) in [7, 11) is 0. The smallest absolute Gasteiger partial charge is 0.124 e. The van der Waals surface area contributed by atoms with Gasteiger partial charge in [-0.1, -0.05) is 24.3 Å². The van der Waals surface area contributed by atoms with Crippen molar-refractivity contribution in [2.75, 3.05) is 0 Å². The van der Waals surface area contributed by atoms with E-state index in [1.165, 1.54) is 11.1 Å². The molecular weight excluding hydrogens is 248 g/mol. The number of nitriles is 2. The highest BCUT2D eigenvalue weighted by Gasteiger charge is 2.23. The van der Waals surface area contributed by atoms with Crippen LogP contribution in [0, 0.1) is 22.7 Å². The van der Waals surface area contributed by atoms with Gasteiger partial charge >= 0.3 is 0 Å². The summed E-state index contributed by atoms with van der Waals surface area (Å²) >= 11 is 0. The summed E-state index contributed by atoms with van der Waals surface area (Å²) in [6.45, 7) is 0. The average molecular weight is 260 g/mol. The fourth-order valence-electron chi connectivity index (χ4n) is 2.59. The molecule has 0 aromatic heterocycles. The van der Waals surface area contributed by atoms with Crippen molar-refractivity contribution in [2.45, 2.75) is 18.9 Å². The molecule has 0 saturated carbocycles. The lowest BCUT2D eigenvalue weighted by atomic mass is 10.1. The predicted molar refractivity (Wildman–Crippen MR) is 74.0 cm³/mol. The van der Waals surface area contributed by atoms with Crippen LogP contribution in [0.25, 0.3) is 0 Å². The minimum absolute atomic E-state index is 0.0330. The number of fused-ring (bicyclic) bond motifs is 1. The Morgan fingerprint density at radius 2 is 1.80 bits per heavy atom. The van der Waals surface area contributed by atoms with Crippen LogP contribution in [0.5, 0.6) is 5.75 Å². The van der Waals surface area contributed by atoms with Gasteiger partial charge in [0, 0.05) is 0 Å². The van der Waals surface area contributed by atoms with Crippen LogP contribution in [0.15, 0.2) is 42.5 Å². The fourth-order valence-corrected chi connectivity index (χ4v) is 2.59. The lowest BCUT2D eigenvalue weighted by Gasteiger charge is -2.15. The molecule has 0 bridgehead atoms. The number of rotatable bonds is 2. The Morgan fingerprint density at radius 1 is 1.00 bits per heavy atom. The van der Waals surface area contributed by atoms with Gasteiger partial charge in [0.2, 0.25) is 0 Å². The molecule has 0 radical (unpaired) electrons. The highest BCUT2D eigenvalue weighted by molar-refractivity contribution is 5.49. The van der Waals surface area contributed by atoms with Gasteiger partial charge in [-0.25, -0.2) is 0 Å². The zero-order valence-corrected chi connectivity index (χ0v) is 10.8. The van der Waals surface area contributed by atoms with Gasteiger partial charge in [-0.3, -0.25) is 0 Å². The first-order valence-corrected chi connectivity index (χ1v) is 6.50. The Hall–Kier alpha value is -2.78. The third-order valence-corrected chi connectivity index (χ3v) is 3.59. The van der Waals surface area contributed by atoms with Crippen molar-refractivity contribution in [1.82, 2.24) is 0 Å². The molecule has 3 heteroatoms. The molecule has 3 nitrogen and oxygen atoms in total. The van der Waals surface area contributed by atoms with Crippen molar-refractivity contribution in [3.05, 3.63) is 64.7 Å². The summed E-state index contributed by atoms with van der Waals surface area (Å²) in [5, 5.41) is 17.9. The Bertz CT molecular complexity index is 737. The van der Waals surface area contributed by atoms with Crippen molar-refractivity contribution >= 4 is 0 Å². The zero-order valence-electron chi connectivity index (χ0n) is 10.8.